The van der Waals surface area contributed by atoms with Crippen molar-refractivity contribution in [1.29, 1.82) is 0 Å². The fraction of sp³-hybridized carbons (Fsp3) is 0.606. The Kier molecular flexibility index (Phi) is 10.5. The topological polar surface area (TPSA) is 114 Å². The molecule has 3 saturated heterocycles. The first kappa shape index (κ1) is 34.8. The quantitative estimate of drug-likeness (QED) is 0.322. The molecule has 0 spiro atoms. The number of benzene rings is 1. The third kappa shape index (κ3) is 7.72. The lowest BCUT2D eigenvalue weighted by Gasteiger charge is -2.41. The molecule has 4 aliphatic rings. The molecule has 48 heavy (non-hydrogen) atoms. The SMILES string of the molecule is CN1CCC(C2CCN(C(=O)[C@@H](Cc3cc(Br)c(N)c(C(F)(F)F)c3)NC(=O)N3CCC(N4Cc5sccc5NC4=O)CC3)CC2)CC1. The minimum Gasteiger partial charge on any atom is -0.397 e. The largest absolute Gasteiger partial charge is 0.418 e. The highest BCUT2D eigenvalue weighted by molar-refractivity contribution is 9.10. The molecular formula is C33H43BrF3N7O3S. The molecule has 0 bridgehead atoms. The third-order valence-electron chi connectivity index (χ3n) is 10.6. The lowest BCUT2D eigenvalue weighted by molar-refractivity contribution is -0.137. The number of carbonyl (C=O) groups excluding carboxylic acids is 3. The van der Waals surface area contributed by atoms with Crippen LogP contribution in [0.3, 0.4) is 0 Å². The summed E-state index contributed by atoms with van der Waals surface area (Å²) < 4.78 is 41.6. The van der Waals surface area contributed by atoms with Crippen molar-refractivity contribution in [1.82, 2.24) is 24.9 Å². The maximum absolute atomic E-state index is 14.0. The van der Waals surface area contributed by atoms with Crippen LogP contribution in [0.5, 0.6) is 0 Å². The second kappa shape index (κ2) is 14.4. The Morgan fingerprint density at radius 3 is 2.29 bits per heavy atom. The summed E-state index contributed by atoms with van der Waals surface area (Å²) >= 11 is 4.75. The molecule has 15 heteroatoms. The lowest BCUT2D eigenvalue weighted by atomic mass is 9.79. The monoisotopic (exact) mass is 753 g/mol. The average molecular weight is 755 g/mol. The molecule has 0 aliphatic carbocycles. The normalized spacial score (nSPS) is 21.2. The van der Waals surface area contributed by atoms with Crippen molar-refractivity contribution >= 4 is 56.6 Å². The van der Waals surface area contributed by atoms with Crippen LogP contribution in [0, 0.1) is 11.8 Å². The number of alkyl halides is 3. The number of amides is 5. The summed E-state index contributed by atoms with van der Waals surface area (Å²) in [6, 6.07) is 2.65. The van der Waals surface area contributed by atoms with Gasteiger partial charge < -0.3 is 36.0 Å². The van der Waals surface area contributed by atoms with Crippen LogP contribution in [0.15, 0.2) is 28.1 Å². The molecule has 6 rings (SSSR count). The van der Waals surface area contributed by atoms with Gasteiger partial charge in [0.1, 0.15) is 6.04 Å². The molecule has 10 nitrogen and oxygen atoms in total. The van der Waals surface area contributed by atoms with E-state index in [-0.39, 0.29) is 34.4 Å². The summed E-state index contributed by atoms with van der Waals surface area (Å²) in [6.07, 6.45) is 0.394. The van der Waals surface area contributed by atoms with E-state index in [1.54, 1.807) is 21.1 Å². The first-order valence-electron chi connectivity index (χ1n) is 16.7. The summed E-state index contributed by atoms with van der Waals surface area (Å²) in [5.74, 6) is 0.874. The summed E-state index contributed by atoms with van der Waals surface area (Å²) in [4.78, 5) is 49.1. The number of nitrogen functional groups attached to an aromatic ring is 1. The highest BCUT2D eigenvalue weighted by Crippen LogP contribution is 2.39. The minimum absolute atomic E-state index is 0.0412. The molecule has 0 unspecified atom stereocenters. The molecule has 0 saturated carbocycles. The molecule has 2 aromatic rings. The summed E-state index contributed by atoms with van der Waals surface area (Å²) in [6.45, 7) is 4.55. The number of fused-ring (bicyclic) bond motifs is 1. The fourth-order valence-electron chi connectivity index (χ4n) is 7.68. The second-order valence-corrected chi connectivity index (χ2v) is 15.4. The summed E-state index contributed by atoms with van der Waals surface area (Å²) in [5.41, 5.74) is 5.43. The van der Waals surface area contributed by atoms with Gasteiger partial charge in [0.2, 0.25) is 5.91 Å². The first-order chi connectivity index (χ1) is 22.9. The van der Waals surface area contributed by atoms with Crippen molar-refractivity contribution in [3.8, 4) is 0 Å². The van der Waals surface area contributed by atoms with Gasteiger partial charge in [0.15, 0.2) is 0 Å². The molecule has 262 valence electrons. The number of hydrogen-bond donors (Lipinski definition) is 3. The van der Waals surface area contributed by atoms with E-state index in [9.17, 15) is 27.6 Å². The minimum atomic E-state index is -4.68. The zero-order chi connectivity index (χ0) is 34.2. The highest BCUT2D eigenvalue weighted by Gasteiger charge is 2.38. The number of rotatable bonds is 6. The van der Waals surface area contributed by atoms with Gasteiger partial charge in [0.05, 0.1) is 23.5 Å². The van der Waals surface area contributed by atoms with Crippen LogP contribution in [0.25, 0.3) is 0 Å². The van der Waals surface area contributed by atoms with E-state index in [0.717, 1.165) is 55.4 Å². The van der Waals surface area contributed by atoms with Gasteiger partial charge in [-0.05, 0) is 116 Å². The number of nitrogens with one attached hydrogen (secondary N) is 2. The van der Waals surface area contributed by atoms with Gasteiger partial charge in [-0.1, -0.05) is 0 Å². The molecule has 1 aromatic heterocycles. The van der Waals surface area contributed by atoms with Gasteiger partial charge in [0, 0.05) is 48.0 Å². The average Bonchev–Trinajstić information content (AvgIpc) is 3.52. The van der Waals surface area contributed by atoms with E-state index in [2.05, 4.69) is 38.5 Å². The molecule has 3 fully saturated rings. The molecule has 1 atom stereocenters. The number of halogens is 4. The van der Waals surface area contributed by atoms with Crippen molar-refractivity contribution in [2.24, 2.45) is 11.8 Å². The van der Waals surface area contributed by atoms with Crippen LogP contribution in [-0.4, -0.2) is 96.0 Å². The van der Waals surface area contributed by atoms with E-state index < -0.39 is 29.5 Å². The molecule has 5 amide bonds. The van der Waals surface area contributed by atoms with E-state index in [4.69, 9.17) is 5.73 Å². The smallest absolute Gasteiger partial charge is 0.397 e. The Morgan fingerprint density at radius 1 is 1.02 bits per heavy atom. The number of nitrogens with zero attached hydrogens (tertiary/aromatic N) is 4. The lowest BCUT2D eigenvalue weighted by Crippen LogP contribution is -2.57. The number of anilines is 2. The predicted molar refractivity (Wildman–Crippen MR) is 183 cm³/mol. The van der Waals surface area contributed by atoms with Crippen molar-refractivity contribution in [3.05, 3.63) is 44.1 Å². The van der Waals surface area contributed by atoms with Crippen LogP contribution in [0.4, 0.5) is 34.1 Å². The van der Waals surface area contributed by atoms with Crippen molar-refractivity contribution in [2.75, 3.05) is 57.4 Å². The maximum Gasteiger partial charge on any atom is 0.418 e. The van der Waals surface area contributed by atoms with Crippen LogP contribution >= 0.6 is 27.3 Å². The van der Waals surface area contributed by atoms with Gasteiger partial charge in [-0.2, -0.15) is 13.2 Å². The number of piperidine rings is 3. The zero-order valence-corrected chi connectivity index (χ0v) is 29.4. The standard InChI is InChI=1S/C33H43BrF3N7O3S/c1-41-9-2-21(3-10-41)22-4-11-42(12-5-22)30(45)27(18-20-16-24(33(35,36)37)29(38)25(34)17-20)40-31(46)43-13-6-23(7-14-43)44-19-28-26(8-15-48-28)39-32(44)47/h8,15-17,21-23,27H,2-7,9-14,18-19,38H2,1H3,(H,39,47)(H,40,46)/t27-/m1/s1. The Morgan fingerprint density at radius 2 is 1.65 bits per heavy atom. The van der Waals surface area contributed by atoms with Crippen molar-refractivity contribution in [3.63, 3.8) is 0 Å². The Bertz CT molecular complexity index is 1500. The number of urea groups is 2. The summed E-state index contributed by atoms with van der Waals surface area (Å²) in [7, 11) is 2.14. The Balaban J connectivity index is 1.13. The predicted octanol–water partition coefficient (Wildman–Crippen LogP) is 5.82. The molecule has 4 N–H and O–H groups in total. The molecular weight excluding hydrogens is 711 g/mol. The van der Waals surface area contributed by atoms with Crippen molar-refractivity contribution < 1.29 is 27.6 Å². The first-order valence-corrected chi connectivity index (χ1v) is 18.4. The van der Waals surface area contributed by atoms with Gasteiger partial charge in [-0.25, -0.2) is 9.59 Å². The molecule has 4 aliphatic heterocycles. The number of likely N-dealkylation sites (tertiary alicyclic amines) is 3. The van der Waals surface area contributed by atoms with Gasteiger partial charge in [-0.15, -0.1) is 11.3 Å². The molecule has 0 radical (unpaired) electrons. The van der Waals surface area contributed by atoms with E-state index in [1.165, 1.54) is 6.07 Å². The van der Waals surface area contributed by atoms with Gasteiger partial charge in [0.25, 0.3) is 0 Å². The van der Waals surface area contributed by atoms with Crippen LogP contribution in [0.1, 0.15) is 54.5 Å². The Labute approximate surface area is 291 Å². The molecule has 1 aromatic carbocycles. The van der Waals surface area contributed by atoms with Crippen LogP contribution < -0.4 is 16.4 Å². The van der Waals surface area contributed by atoms with Crippen LogP contribution in [0.2, 0.25) is 0 Å². The second-order valence-electron chi connectivity index (χ2n) is 13.6. The number of nitrogens with two attached hydrogens (primary N) is 1. The van der Waals surface area contributed by atoms with Crippen LogP contribution in [-0.2, 0) is 23.9 Å². The Hall–Kier alpha value is -3.04. The fourth-order valence-corrected chi connectivity index (χ4v) is 9.01. The maximum atomic E-state index is 14.0. The van der Waals surface area contributed by atoms with E-state index in [0.29, 0.717) is 57.4 Å². The number of carbonyl (C=O) groups is 3. The van der Waals surface area contributed by atoms with E-state index >= 15 is 0 Å². The van der Waals surface area contributed by atoms with E-state index in [1.807, 2.05) is 16.3 Å². The zero-order valence-electron chi connectivity index (χ0n) is 27.0. The van der Waals surface area contributed by atoms with Gasteiger partial charge in [-0.3, -0.25) is 4.79 Å². The van der Waals surface area contributed by atoms with Gasteiger partial charge >= 0.3 is 18.2 Å². The third-order valence-corrected chi connectivity index (χ3v) is 12.1. The summed E-state index contributed by atoms with van der Waals surface area (Å²) in [5, 5.41) is 7.77. The number of hydrogen-bond acceptors (Lipinski definition) is 6. The molecule has 5 heterocycles. The highest BCUT2D eigenvalue weighted by atomic mass is 79.9. The number of thiophene rings is 1. The van der Waals surface area contributed by atoms with Crippen molar-refractivity contribution in [2.45, 2.75) is 69.8 Å².